The number of nitro groups is 1. The number of anilines is 2. The molecule has 2 heterocycles. The van der Waals surface area contributed by atoms with Crippen molar-refractivity contribution in [1.29, 1.82) is 0 Å². The molecule has 1 unspecified atom stereocenters. The highest BCUT2D eigenvalue weighted by atomic mass is 16.6. The quantitative estimate of drug-likeness (QED) is 0.321. The van der Waals surface area contributed by atoms with Gasteiger partial charge in [0.25, 0.3) is 5.69 Å². The van der Waals surface area contributed by atoms with E-state index in [4.69, 9.17) is 0 Å². The van der Waals surface area contributed by atoms with Gasteiger partial charge in [-0.15, -0.1) is 0 Å². The number of phenolic OH excluding ortho intramolecular Hbond substituents is 1. The predicted octanol–water partition coefficient (Wildman–Crippen LogP) is 2.55. The van der Waals surface area contributed by atoms with E-state index in [0.717, 1.165) is 0 Å². The Morgan fingerprint density at radius 2 is 2.07 bits per heavy atom. The van der Waals surface area contributed by atoms with Crippen LogP contribution in [0.4, 0.5) is 17.5 Å². The van der Waals surface area contributed by atoms with Gasteiger partial charge >= 0.3 is 0 Å². The first-order valence-electron chi connectivity index (χ1n) is 9.48. The number of aryl methyl sites for hydroxylation is 1. The van der Waals surface area contributed by atoms with E-state index in [9.17, 15) is 20.3 Å². The molecule has 1 aromatic carbocycles. The van der Waals surface area contributed by atoms with Crippen molar-refractivity contribution in [2.24, 2.45) is 7.05 Å². The van der Waals surface area contributed by atoms with Crippen molar-refractivity contribution in [3.05, 3.63) is 40.2 Å². The van der Waals surface area contributed by atoms with Crippen molar-refractivity contribution >= 4 is 28.6 Å². The molecule has 0 amide bonds. The van der Waals surface area contributed by atoms with E-state index >= 15 is 0 Å². The molecule has 2 aromatic heterocycles. The number of rotatable bonds is 8. The summed E-state index contributed by atoms with van der Waals surface area (Å²) in [5.74, 6) is 0.649. The number of phenols is 1. The summed E-state index contributed by atoms with van der Waals surface area (Å²) in [5.41, 5.74) is 0.341. The Bertz CT molecular complexity index is 1070. The average Bonchev–Trinajstić information content (AvgIpc) is 3.05. The number of nitrogens with zero attached hydrogens (tertiary/aromatic N) is 5. The summed E-state index contributed by atoms with van der Waals surface area (Å²) in [6.45, 7) is 5.46. The fourth-order valence-electron chi connectivity index (χ4n) is 3.13. The van der Waals surface area contributed by atoms with Crippen molar-refractivity contribution in [3.63, 3.8) is 0 Å². The zero-order valence-electron chi connectivity index (χ0n) is 17.2. The molecule has 30 heavy (non-hydrogen) atoms. The van der Waals surface area contributed by atoms with E-state index in [1.807, 2.05) is 6.92 Å². The van der Waals surface area contributed by atoms with Crippen LogP contribution in [0.1, 0.15) is 32.8 Å². The molecule has 0 saturated heterocycles. The van der Waals surface area contributed by atoms with E-state index in [2.05, 4.69) is 25.6 Å². The predicted molar refractivity (Wildman–Crippen MR) is 112 cm³/mol. The zero-order chi connectivity index (χ0) is 22.1. The van der Waals surface area contributed by atoms with Gasteiger partial charge in [0, 0.05) is 31.3 Å². The highest BCUT2D eigenvalue weighted by Gasteiger charge is 2.26. The molecular weight excluding hydrogens is 390 g/mol. The monoisotopic (exact) mass is 415 g/mol. The van der Waals surface area contributed by atoms with E-state index in [0.29, 0.717) is 34.9 Å². The summed E-state index contributed by atoms with van der Waals surface area (Å²) in [7, 11) is 1.80. The Morgan fingerprint density at radius 3 is 2.70 bits per heavy atom. The third-order valence-electron chi connectivity index (χ3n) is 4.84. The number of nitrogens with one attached hydrogen (secondary N) is 2. The standard InChI is InChI=1S/C19H25N7O4/c1-5-14(19(2,3)28)22-18-23-16(15-17(24-18)25(4)10-21-15)20-9-11-8-12(26(29)30)6-7-13(11)27/h6-8,10,14,27-28H,5,9H2,1-4H3,(H2,20,22,23,24). The van der Waals surface area contributed by atoms with Gasteiger partial charge in [-0.25, -0.2) is 4.98 Å². The highest BCUT2D eigenvalue weighted by Crippen LogP contribution is 2.26. The van der Waals surface area contributed by atoms with E-state index in [1.54, 1.807) is 31.8 Å². The van der Waals surface area contributed by atoms with E-state index in [-0.39, 0.29) is 24.0 Å². The smallest absolute Gasteiger partial charge is 0.270 e. The molecule has 3 rings (SSSR count). The molecule has 4 N–H and O–H groups in total. The summed E-state index contributed by atoms with van der Waals surface area (Å²) in [6.07, 6.45) is 2.26. The van der Waals surface area contributed by atoms with Crippen molar-refractivity contribution in [1.82, 2.24) is 19.5 Å². The maximum Gasteiger partial charge on any atom is 0.270 e. The topological polar surface area (TPSA) is 151 Å². The Morgan fingerprint density at radius 1 is 1.33 bits per heavy atom. The first kappa shape index (κ1) is 21.2. The van der Waals surface area contributed by atoms with Crippen LogP contribution in [0.25, 0.3) is 11.2 Å². The van der Waals surface area contributed by atoms with Crippen molar-refractivity contribution in [2.75, 3.05) is 10.6 Å². The molecule has 0 aliphatic carbocycles. The minimum Gasteiger partial charge on any atom is -0.508 e. The fraction of sp³-hybridized carbons (Fsp3) is 0.421. The van der Waals surface area contributed by atoms with Crippen LogP contribution < -0.4 is 10.6 Å². The second kappa shape index (κ2) is 8.11. The number of aromatic nitrogens is 4. The van der Waals surface area contributed by atoms with E-state index < -0.39 is 10.5 Å². The molecule has 0 spiro atoms. The lowest BCUT2D eigenvalue weighted by molar-refractivity contribution is -0.384. The molecule has 0 bridgehead atoms. The van der Waals surface area contributed by atoms with Crippen molar-refractivity contribution in [3.8, 4) is 5.75 Å². The summed E-state index contributed by atoms with van der Waals surface area (Å²) in [5, 5.41) is 37.7. The number of benzene rings is 1. The third kappa shape index (κ3) is 4.40. The lowest BCUT2D eigenvalue weighted by Gasteiger charge is -2.29. The lowest BCUT2D eigenvalue weighted by Crippen LogP contribution is -2.41. The van der Waals surface area contributed by atoms with Crippen LogP contribution in [0.5, 0.6) is 5.75 Å². The summed E-state index contributed by atoms with van der Waals surface area (Å²) in [6, 6.07) is 3.55. The second-order valence-corrected chi connectivity index (χ2v) is 7.61. The number of nitro benzene ring substituents is 1. The summed E-state index contributed by atoms with van der Waals surface area (Å²) in [4.78, 5) is 23.8. The maximum atomic E-state index is 11.0. The van der Waals surface area contributed by atoms with Crippen LogP contribution in [0.15, 0.2) is 24.5 Å². The molecule has 3 aromatic rings. The van der Waals surface area contributed by atoms with Crippen molar-refractivity contribution in [2.45, 2.75) is 45.4 Å². The normalized spacial score (nSPS) is 12.7. The molecule has 0 saturated carbocycles. The first-order valence-corrected chi connectivity index (χ1v) is 9.48. The van der Waals surface area contributed by atoms with Gasteiger partial charge in [0.2, 0.25) is 5.95 Å². The van der Waals surface area contributed by atoms with Gasteiger partial charge in [-0.2, -0.15) is 9.97 Å². The van der Waals surface area contributed by atoms with Gasteiger partial charge in [-0.1, -0.05) is 6.92 Å². The lowest BCUT2D eigenvalue weighted by atomic mass is 9.97. The van der Waals surface area contributed by atoms with Gasteiger partial charge in [0.15, 0.2) is 17.0 Å². The summed E-state index contributed by atoms with van der Waals surface area (Å²) >= 11 is 0. The number of hydrogen-bond acceptors (Lipinski definition) is 9. The Kier molecular flexibility index (Phi) is 5.74. The molecule has 0 fully saturated rings. The molecule has 160 valence electrons. The molecular formula is C19H25N7O4. The third-order valence-corrected chi connectivity index (χ3v) is 4.84. The second-order valence-electron chi connectivity index (χ2n) is 7.61. The van der Waals surface area contributed by atoms with Crippen LogP contribution in [0.3, 0.4) is 0 Å². The van der Waals surface area contributed by atoms with Crippen LogP contribution in [0.2, 0.25) is 0 Å². The highest BCUT2D eigenvalue weighted by molar-refractivity contribution is 5.84. The fourth-order valence-corrected chi connectivity index (χ4v) is 3.13. The molecule has 0 aliphatic heterocycles. The first-order chi connectivity index (χ1) is 14.1. The van der Waals surface area contributed by atoms with Crippen LogP contribution in [-0.4, -0.2) is 46.3 Å². The molecule has 11 nitrogen and oxygen atoms in total. The van der Waals surface area contributed by atoms with Gasteiger partial charge in [0.05, 0.1) is 22.9 Å². The van der Waals surface area contributed by atoms with Gasteiger partial charge < -0.3 is 25.4 Å². The minimum absolute atomic E-state index is 0.0640. The minimum atomic E-state index is -0.984. The number of fused-ring (bicyclic) bond motifs is 1. The Hall–Kier alpha value is -3.47. The number of imidazole rings is 1. The number of aliphatic hydroxyl groups is 1. The van der Waals surface area contributed by atoms with Crippen LogP contribution in [0, 0.1) is 10.1 Å². The van der Waals surface area contributed by atoms with E-state index in [1.165, 1.54) is 18.2 Å². The zero-order valence-corrected chi connectivity index (χ0v) is 17.2. The van der Waals surface area contributed by atoms with Crippen molar-refractivity contribution < 1.29 is 15.1 Å². The summed E-state index contributed by atoms with van der Waals surface area (Å²) < 4.78 is 1.74. The molecule has 1 atom stereocenters. The number of non-ortho nitro benzene ring substituents is 1. The van der Waals surface area contributed by atoms with Gasteiger partial charge in [-0.05, 0) is 26.3 Å². The average molecular weight is 415 g/mol. The molecule has 11 heteroatoms. The number of aromatic hydroxyl groups is 1. The molecule has 0 aliphatic rings. The largest absolute Gasteiger partial charge is 0.508 e. The Balaban J connectivity index is 1.94. The SMILES string of the molecule is CCC(Nc1nc(NCc2cc([N+](=O)[O-])ccc2O)c2ncn(C)c2n1)C(C)(C)O. The van der Waals surface area contributed by atoms with Crippen LogP contribution in [-0.2, 0) is 13.6 Å². The molecule has 0 radical (unpaired) electrons. The van der Waals surface area contributed by atoms with Crippen LogP contribution >= 0.6 is 0 Å². The number of hydrogen-bond donors (Lipinski definition) is 4. The van der Waals surface area contributed by atoms with Gasteiger partial charge in [-0.3, -0.25) is 10.1 Å². The Labute approximate surface area is 173 Å². The maximum absolute atomic E-state index is 11.0. The van der Waals surface area contributed by atoms with Gasteiger partial charge in [0.1, 0.15) is 5.75 Å².